The van der Waals surface area contributed by atoms with Crippen molar-refractivity contribution in [3.63, 3.8) is 0 Å². The van der Waals surface area contributed by atoms with Crippen LogP contribution in [0.25, 0.3) is 0 Å². The summed E-state index contributed by atoms with van der Waals surface area (Å²) in [5, 5.41) is 17.4. The van der Waals surface area contributed by atoms with Gasteiger partial charge in [-0.05, 0) is 12.1 Å². The summed E-state index contributed by atoms with van der Waals surface area (Å²) in [6.45, 7) is 1.23. The number of carbonyl (C=O) groups is 3. The number of rotatable bonds is 6. The highest BCUT2D eigenvalue weighted by molar-refractivity contribution is 5.88. The van der Waals surface area contributed by atoms with Crippen LogP contribution in [0.2, 0.25) is 0 Å². The third kappa shape index (κ3) is 4.89. The van der Waals surface area contributed by atoms with Crippen LogP contribution in [0, 0.1) is 0 Å². The van der Waals surface area contributed by atoms with E-state index in [0.717, 1.165) is 0 Å². The lowest BCUT2D eigenvalue weighted by Crippen LogP contribution is -2.21. The zero-order valence-electron chi connectivity index (χ0n) is 10.6. The molecule has 1 rings (SSSR count). The minimum Gasteiger partial charge on any atom is -0.481 e. The number of aliphatic imine (C=N–C) groups is 1. The molecule has 1 aromatic carbocycles. The minimum atomic E-state index is -1.39. The summed E-state index contributed by atoms with van der Waals surface area (Å²) in [6.07, 6.45) is 0.557. The van der Waals surface area contributed by atoms with E-state index in [0.29, 0.717) is 5.56 Å². The van der Waals surface area contributed by atoms with Crippen molar-refractivity contribution in [2.45, 2.75) is 19.4 Å². The second-order valence-corrected chi connectivity index (χ2v) is 3.86. The first-order valence-corrected chi connectivity index (χ1v) is 5.65. The Morgan fingerprint density at radius 3 is 2.50 bits per heavy atom. The lowest BCUT2D eigenvalue weighted by Gasteiger charge is -2.06. The number of para-hydroxylation sites is 1. The molecule has 0 saturated carbocycles. The van der Waals surface area contributed by atoms with Crippen LogP contribution in [-0.4, -0.2) is 40.4 Å². The van der Waals surface area contributed by atoms with E-state index >= 15 is 0 Å². The van der Waals surface area contributed by atoms with E-state index in [-0.39, 0.29) is 5.75 Å². The van der Waals surface area contributed by atoms with Crippen LogP contribution < -0.4 is 4.74 Å². The van der Waals surface area contributed by atoms with E-state index in [1.807, 2.05) is 0 Å². The van der Waals surface area contributed by atoms with Crippen molar-refractivity contribution in [3.05, 3.63) is 29.8 Å². The largest absolute Gasteiger partial charge is 0.481 e. The molecule has 20 heavy (non-hydrogen) atoms. The van der Waals surface area contributed by atoms with Crippen LogP contribution in [0.15, 0.2) is 29.3 Å². The quantitative estimate of drug-likeness (QED) is 0.455. The van der Waals surface area contributed by atoms with Crippen LogP contribution in [0.3, 0.4) is 0 Å². The molecule has 1 aromatic rings. The van der Waals surface area contributed by atoms with Crippen molar-refractivity contribution < 1.29 is 29.3 Å². The van der Waals surface area contributed by atoms with Gasteiger partial charge in [0, 0.05) is 18.7 Å². The smallest absolute Gasteiger partial charge is 0.329 e. The van der Waals surface area contributed by atoms with Crippen molar-refractivity contribution in [1.82, 2.24) is 0 Å². The van der Waals surface area contributed by atoms with Crippen LogP contribution >= 0.6 is 0 Å². The van der Waals surface area contributed by atoms with Gasteiger partial charge in [0.15, 0.2) is 6.04 Å². The SMILES string of the molecule is CC(=O)Oc1ccccc1C=N[C@@H](CC(=O)O)C(=O)O. The first-order valence-electron chi connectivity index (χ1n) is 5.65. The van der Waals surface area contributed by atoms with Crippen molar-refractivity contribution in [2.24, 2.45) is 4.99 Å². The average molecular weight is 279 g/mol. The zero-order chi connectivity index (χ0) is 15.1. The molecule has 0 heterocycles. The molecule has 0 saturated heterocycles. The van der Waals surface area contributed by atoms with E-state index in [2.05, 4.69) is 4.99 Å². The van der Waals surface area contributed by atoms with Gasteiger partial charge in [0.1, 0.15) is 5.75 Å². The van der Waals surface area contributed by atoms with E-state index in [1.165, 1.54) is 19.2 Å². The third-order valence-corrected chi connectivity index (χ3v) is 2.22. The fraction of sp³-hybridized carbons (Fsp3) is 0.231. The molecule has 0 spiro atoms. The highest BCUT2D eigenvalue weighted by atomic mass is 16.5. The van der Waals surface area contributed by atoms with Gasteiger partial charge in [-0.1, -0.05) is 12.1 Å². The molecule has 0 aliphatic heterocycles. The maximum Gasteiger partial charge on any atom is 0.329 e. The normalized spacial score (nSPS) is 12.1. The third-order valence-electron chi connectivity index (χ3n) is 2.22. The molecule has 7 nitrogen and oxygen atoms in total. The fourth-order valence-corrected chi connectivity index (χ4v) is 1.37. The van der Waals surface area contributed by atoms with E-state index in [1.54, 1.807) is 18.2 Å². The van der Waals surface area contributed by atoms with Crippen LogP contribution in [-0.2, 0) is 14.4 Å². The standard InChI is InChI=1S/C13H13NO6/c1-8(15)20-11-5-3-2-4-9(11)7-14-10(13(18)19)6-12(16)17/h2-5,7,10H,6H2,1H3,(H,16,17)(H,18,19)/t10-/m0/s1. The van der Waals surface area contributed by atoms with Gasteiger partial charge >= 0.3 is 17.9 Å². The van der Waals surface area contributed by atoms with Crippen molar-refractivity contribution in [1.29, 1.82) is 0 Å². The summed E-state index contributed by atoms with van der Waals surface area (Å²) in [5.74, 6) is -2.90. The molecule has 0 aliphatic rings. The number of carboxylic acid groups (broad SMARTS) is 2. The van der Waals surface area contributed by atoms with Crippen molar-refractivity contribution in [3.8, 4) is 5.75 Å². The number of hydrogen-bond acceptors (Lipinski definition) is 5. The summed E-state index contributed by atoms with van der Waals surface area (Å²) in [6, 6.07) is 5.00. The maximum atomic E-state index is 10.9. The molecule has 106 valence electrons. The van der Waals surface area contributed by atoms with Gasteiger partial charge in [0.2, 0.25) is 0 Å². The fourth-order valence-electron chi connectivity index (χ4n) is 1.37. The summed E-state index contributed by atoms with van der Waals surface area (Å²) >= 11 is 0. The molecule has 7 heteroatoms. The molecule has 0 aliphatic carbocycles. The number of esters is 1. The predicted octanol–water partition coefficient (Wildman–Crippen LogP) is 0.959. The molecule has 0 radical (unpaired) electrons. The predicted molar refractivity (Wildman–Crippen MR) is 69.0 cm³/mol. The van der Waals surface area contributed by atoms with Gasteiger partial charge in [-0.25, -0.2) is 4.79 Å². The summed E-state index contributed by atoms with van der Waals surface area (Å²) < 4.78 is 4.93. The Labute approximate surface area is 114 Å². The van der Waals surface area contributed by atoms with Crippen LogP contribution in [0.4, 0.5) is 0 Å². The number of nitrogens with zero attached hydrogens (tertiary/aromatic N) is 1. The monoisotopic (exact) mass is 279 g/mol. The molecule has 0 unspecified atom stereocenters. The number of hydrogen-bond donors (Lipinski definition) is 2. The van der Waals surface area contributed by atoms with Gasteiger partial charge in [0.05, 0.1) is 6.42 Å². The highest BCUT2D eigenvalue weighted by Gasteiger charge is 2.19. The maximum absolute atomic E-state index is 10.9. The molecule has 0 amide bonds. The molecular formula is C13H13NO6. The summed E-state index contributed by atoms with van der Waals surface area (Å²) in [4.78, 5) is 36.0. The Balaban J connectivity index is 2.95. The molecule has 2 N–H and O–H groups in total. The molecular weight excluding hydrogens is 266 g/mol. The van der Waals surface area contributed by atoms with Gasteiger partial charge in [0.25, 0.3) is 0 Å². The number of carbonyl (C=O) groups excluding carboxylic acids is 1. The molecule has 0 bridgehead atoms. The van der Waals surface area contributed by atoms with E-state index in [4.69, 9.17) is 14.9 Å². The first-order chi connectivity index (χ1) is 9.40. The molecule has 1 atom stereocenters. The summed E-state index contributed by atoms with van der Waals surface area (Å²) in [7, 11) is 0. The lowest BCUT2D eigenvalue weighted by molar-refractivity contribution is -0.144. The van der Waals surface area contributed by atoms with Crippen LogP contribution in [0.1, 0.15) is 18.9 Å². The van der Waals surface area contributed by atoms with Gasteiger partial charge in [-0.3, -0.25) is 14.6 Å². The lowest BCUT2D eigenvalue weighted by atomic mass is 10.2. The number of carboxylic acids is 2. The van der Waals surface area contributed by atoms with E-state index in [9.17, 15) is 14.4 Å². The second kappa shape index (κ2) is 7.03. The van der Waals surface area contributed by atoms with Gasteiger partial charge in [-0.15, -0.1) is 0 Å². The first kappa shape index (κ1) is 15.4. The highest BCUT2D eigenvalue weighted by Crippen LogP contribution is 2.16. The average Bonchev–Trinajstić information content (AvgIpc) is 2.34. The topological polar surface area (TPSA) is 113 Å². The number of benzene rings is 1. The minimum absolute atomic E-state index is 0.225. The summed E-state index contributed by atoms with van der Waals surface area (Å²) in [5.41, 5.74) is 0.388. The van der Waals surface area contributed by atoms with E-state index < -0.39 is 30.4 Å². The Hall–Kier alpha value is -2.70. The number of ether oxygens (including phenoxy) is 1. The van der Waals surface area contributed by atoms with Crippen molar-refractivity contribution >= 4 is 24.1 Å². The van der Waals surface area contributed by atoms with Gasteiger partial charge < -0.3 is 14.9 Å². The zero-order valence-corrected chi connectivity index (χ0v) is 10.6. The Morgan fingerprint density at radius 2 is 1.95 bits per heavy atom. The molecule has 0 fully saturated rings. The Kier molecular flexibility index (Phi) is 5.40. The molecule has 0 aromatic heterocycles. The van der Waals surface area contributed by atoms with Gasteiger partial charge in [-0.2, -0.15) is 0 Å². The van der Waals surface area contributed by atoms with Crippen LogP contribution in [0.5, 0.6) is 5.75 Å². The Bertz CT molecular complexity index is 552. The Morgan fingerprint density at radius 1 is 1.30 bits per heavy atom. The van der Waals surface area contributed by atoms with Crippen molar-refractivity contribution in [2.75, 3.05) is 0 Å². The second-order valence-electron chi connectivity index (χ2n) is 3.86. The number of aliphatic carboxylic acids is 2.